The summed E-state index contributed by atoms with van der Waals surface area (Å²) in [6.45, 7) is 4.37. The fraction of sp³-hybridized carbons (Fsp3) is 0.250. The molecule has 0 aliphatic carbocycles. The third kappa shape index (κ3) is 4.17. The summed E-state index contributed by atoms with van der Waals surface area (Å²) in [6.07, 6.45) is 1.53. The first kappa shape index (κ1) is 20.7. The van der Waals surface area contributed by atoms with E-state index in [1.54, 1.807) is 30.0 Å². The van der Waals surface area contributed by atoms with E-state index in [-0.39, 0.29) is 18.2 Å². The van der Waals surface area contributed by atoms with E-state index in [1.807, 2.05) is 18.2 Å². The van der Waals surface area contributed by atoms with Crippen molar-refractivity contribution < 1.29 is 18.5 Å². The quantitative estimate of drug-likeness (QED) is 0.504. The van der Waals surface area contributed by atoms with Gasteiger partial charge in [0.15, 0.2) is 5.76 Å². The van der Waals surface area contributed by atoms with E-state index in [4.69, 9.17) is 8.94 Å². The van der Waals surface area contributed by atoms with Gasteiger partial charge in [-0.3, -0.25) is 9.59 Å². The predicted octanol–water partition coefficient (Wildman–Crippen LogP) is 2.87. The van der Waals surface area contributed by atoms with Crippen molar-refractivity contribution in [2.24, 2.45) is 0 Å². The fourth-order valence-electron chi connectivity index (χ4n) is 4.04. The fourth-order valence-corrected chi connectivity index (χ4v) is 4.04. The Hall–Kier alpha value is -4.14. The Kier molecular flexibility index (Phi) is 5.52. The number of anilines is 1. The van der Waals surface area contributed by atoms with Gasteiger partial charge in [-0.2, -0.15) is 0 Å². The van der Waals surface area contributed by atoms with Crippen LogP contribution in [0.1, 0.15) is 16.1 Å². The number of piperazine rings is 1. The van der Waals surface area contributed by atoms with Gasteiger partial charge in [-0.15, -0.1) is 0 Å². The number of furan rings is 1. The van der Waals surface area contributed by atoms with Crippen molar-refractivity contribution in [3.8, 4) is 11.5 Å². The van der Waals surface area contributed by atoms with Crippen molar-refractivity contribution in [1.82, 2.24) is 20.4 Å². The number of carbonyl (C=O) groups is 2. The molecule has 1 aliphatic heterocycles. The summed E-state index contributed by atoms with van der Waals surface area (Å²) < 4.78 is 10.7. The molecule has 9 heteroatoms. The second-order valence-corrected chi connectivity index (χ2v) is 7.87. The van der Waals surface area contributed by atoms with E-state index in [2.05, 4.69) is 32.5 Å². The molecule has 1 fully saturated rings. The monoisotopic (exact) mass is 445 g/mol. The van der Waals surface area contributed by atoms with Crippen LogP contribution in [-0.4, -0.2) is 59.6 Å². The zero-order chi connectivity index (χ0) is 22.8. The van der Waals surface area contributed by atoms with Gasteiger partial charge >= 0.3 is 0 Å². The first-order valence-electron chi connectivity index (χ1n) is 10.8. The molecule has 168 valence electrons. The normalized spacial score (nSPS) is 14.0. The first-order chi connectivity index (χ1) is 16.1. The van der Waals surface area contributed by atoms with E-state index in [1.165, 1.54) is 6.26 Å². The SMILES string of the molecule is Cc1noc2nc(-c3ccco3)cc(C(=O)NCC(=O)N3CCN(c4ccccc4)CC3)c12. The number of amides is 2. The highest BCUT2D eigenvalue weighted by molar-refractivity contribution is 6.07. The molecule has 33 heavy (non-hydrogen) atoms. The summed E-state index contributed by atoms with van der Waals surface area (Å²) >= 11 is 0. The molecule has 5 rings (SSSR count). The first-order valence-corrected chi connectivity index (χ1v) is 10.8. The van der Waals surface area contributed by atoms with Crippen molar-refractivity contribution in [2.75, 3.05) is 37.6 Å². The number of pyridine rings is 1. The minimum Gasteiger partial charge on any atom is -0.463 e. The second-order valence-electron chi connectivity index (χ2n) is 7.87. The molecule has 4 heterocycles. The van der Waals surface area contributed by atoms with Gasteiger partial charge in [0.2, 0.25) is 5.91 Å². The molecule has 1 aromatic carbocycles. The maximum absolute atomic E-state index is 13.0. The molecule has 0 radical (unpaired) electrons. The number of rotatable bonds is 5. The average molecular weight is 445 g/mol. The Morgan fingerprint density at radius 3 is 2.58 bits per heavy atom. The lowest BCUT2D eigenvalue weighted by Crippen LogP contribution is -2.51. The molecule has 2 amide bonds. The predicted molar refractivity (Wildman–Crippen MR) is 122 cm³/mol. The average Bonchev–Trinajstić information content (AvgIpc) is 3.53. The molecule has 4 aromatic rings. The molecular weight excluding hydrogens is 422 g/mol. The smallest absolute Gasteiger partial charge is 0.259 e. The lowest BCUT2D eigenvalue weighted by Gasteiger charge is -2.36. The highest BCUT2D eigenvalue weighted by Gasteiger charge is 2.24. The number of nitrogens with one attached hydrogen (secondary N) is 1. The Bertz CT molecular complexity index is 1280. The molecule has 0 bridgehead atoms. The van der Waals surface area contributed by atoms with Gasteiger partial charge in [0.25, 0.3) is 11.6 Å². The third-order valence-corrected chi connectivity index (χ3v) is 5.79. The van der Waals surface area contributed by atoms with E-state index in [9.17, 15) is 9.59 Å². The highest BCUT2D eigenvalue weighted by atomic mass is 16.5. The van der Waals surface area contributed by atoms with Crippen LogP contribution in [-0.2, 0) is 4.79 Å². The second kappa shape index (κ2) is 8.78. The number of fused-ring (bicyclic) bond motifs is 1. The minimum atomic E-state index is -0.391. The molecule has 3 aromatic heterocycles. The van der Waals surface area contributed by atoms with Gasteiger partial charge < -0.3 is 24.1 Å². The number of aromatic nitrogens is 2. The number of nitrogens with zero attached hydrogens (tertiary/aromatic N) is 4. The number of para-hydroxylation sites is 1. The van der Waals surface area contributed by atoms with Crippen LogP contribution in [0, 0.1) is 6.92 Å². The van der Waals surface area contributed by atoms with Crippen molar-refractivity contribution >= 4 is 28.6 Å². The van der Waals surface area contributed by atoms with Crippen molar-refractivity contribution in [3.05, 3.63) is 66.1 Å². The molecule has 0 saturated carbocycles. The van der Waals surface area contributed by atoms with Gasteiger partial charge in [0, 0.05) is 31.9 Å². The molecule has 0 atom stereocenters. The largest absolute Gasteiger partial charge is 0.463 e. The maximum atomic E-state index is 13.0. The summed E-state index contributed by atoms with van der Waals surface area (Å²) in [7, 11) is 0. The summed E-state index contributed by atoms with van der Waals surface area (Å²) in [5, 5.41) is 7.20. The minimum absolute atomic E-state index is 0.0889. The molecule has 0 spiro atoms. The lowest BCUT2D eigenvalue weighted by atomic mass is 10.1. The highest BCUT2D eigenvalue weighted by Crippen LogP contribution is 2.27. The Morgan fingerprint density at radius 1 is 1.06 bits per heavy atom. The third-order valence-electron chi connectivity index (χ3n) is 5.79. The van der Waals surface area contributed by atoms with Crippen LogP contribution in [0.25, 0.3) is 22.6 Å². The number of benzene rings is 1. The van der Waals surface area contributed by atoms with Crippen molar-refractivity contribution in [1.29, 1.82) is 0 Å². The Labute approximate surface area is 190 Å². The van der Waals surface area contributed by atoms with E-state index in [0.717, 1.165) is 18.8 Å². The zero-order valence-corrected chi connectivity index (χ0v) is 18.2. The Balaban J connectivity index is 1.26. The molecule has 1 aliphatic rings. The van der Waals surface area contributed by atoms with Crippen molar-refractivity contribution in [3.63, 3.8) is 0 Å². The van der Waals surface area contributed by atoms with E-state index >= 15 is 0 Å². The molecule has 1 saturated heterocycles. The number of aryl methyl sites for hydroxylation is 1. The van der Waals surface area contributed by atoms with Crippen LogP contribution in [0.15, 0.2) is 63.7 Å². The molecule has 9 nitrogen and oxygen atoms in total. The van der Waals surface area contributed by atoms with Gasteiger partial charge in [-0.25, -0.2) is 4.98 Å². The summed E-state index contributed by atoms with van der Waals surface area (Å²) in [5.41, 5.74) is 2.74. The van der Waals surface area contributed by atoms with Gasteiger partial charge in [-0.1, -0.05) is 23.4 Å². The number of hydrogen-bond donors (Lipinski definition) is 1. The topological polar surface area (TPSA) is 105 Å². The molecule has 1 N–H and O–H groups in total. The summed E-state index contributed by atoms with van der Waals surface area (Å²) in [6, 6.07) is 15.2. The van der Waals surface area contributed by atoms with Crippen LogP contribution in [0.2, 0.25) is 0 Å². The molecular formula is C24H23N5O4. The van der Waals surface area contributed by atoms with Gasteiger partial charge in [0.1, 0.15) is 5.69 Å². The number of carbonyl (C=O) groups excluding carboxylic acids is 2. The lowest BCUT2D eigenvalue weighted by molar-refractivity contribution is -0.130. The molecule has 0 unspecified atom stereocenters. The van der Waals surface area contributed by atoms with E-state index in [0.29, 0.717) is 41.2 Å². The number of hydrogen-bond acceptors (Lipinski definition) is 7. The van der Waals surface area contributed by atoms with Crippen LogP contribution in [0.4, 0.5) is 5.69 Å². The van der Waals surface area contributed by atoms with E-state index < -0.39 is 5.91 Å². The maximum Gasteiger partial charge on any atom is 0.259 e. The summed E-state index contributed by atoms with van der Waals surface area (Å²) in [5.74, 6) is -0.000181. The van der Waals surface area contributed by atoms with Gasteiger partial charge in [0.05, 0.1) is 29.5 Å². The van der Waals surface area contributed by atoms with Gasteiger partial charge in [-0.05, 0) is 37.3 Å². The van der Waals surface area contributed by atoms with Crippen LogP contribution >= 0.6 is 0 Å². The van der Waals surface area contributed by atoms with Crippen LogP contribution in [0.5, 0.6) is 0 Å². The standard InChI is InChI=1S/C24H23N5O4/c1-16-22-18(14-19(20-8-5-13-32-20)26-24(22)33-27-16)23(31)25-15-21(30)29-11-9-28(10-12-29)17-6-3-2-4-7-17/h2-8,13-14H,9-12,15H2,1H3,(H,25,31). The van der Waals surface area contributed by atoms with Crippen LogP contribution < -0.4 is 10.2 Å². The zero-order valence-electron chi connectivity index (χ0n) is 18.2. The summed E-state index contributed by atoms with van der Waals surface area (Å²) in [4.78, 5) is 34.2. The Morgan fingerprint density at radius 2 is 1.85 bits per heavy atom. The van der Waals surface area contributed by atoms with Crippen molar-refractivity contribution in [2.45, 2.75) is 6.92 Å². The van der Waals surface area contributed by atoms with Crippen LogP contribution in [0.3, 0.4) is 0 Å².